The van der Waals surface area contributed by atoms with Gasteiger partial charge in [-0.2, -0.15) is 0 Å². The second kappa shape index (κ2) is 5.30. The zero-order valence-corrected chi connectivity index (χ0v) is 12.8. The van der Waals surface area contributed by atoms with Crippen molar-refractivity contribution in [1.29, 1.82) is 0 Å². The van der Waals surface area contributed by atoms with Crippen LogP contribution in [0.2, 0.25) is 0 Å². The van der Waals surface area contributed by atoms with Gasteiger partial charge in [0, 0.05) is 5.39 Å². The Balaban J connectivity index is 2.36. The molecule has 2 aromatic heterocycles. The molecule has 0 amide bonds. The minimum absolute atomic E-state index is 0.247. The lowest BCUT2D eigenvalue weighted by Gasteiger charge is -2.12. The first-order chi connectivity index (χ1) is 10.5. The summed E-state index contributed by atoms with van der Waals surface area (Å²) in [7, 11) is 0. The molecular formula is C18H17NO3. The average molecular weight is 295 g/mol. The third-order valence-corrected chi connectivity index (χ3v) is 3.72. The molecule has 0 aliphatic rings. The lowest BCUT2D eigenvalue weighted by molar-refractivity contribution is 0.0699. The summed E-state index contributed by atoms with van der Waals surface area (Å²) in [5.74, 6) is 0.649. The first kappa shape index (κ1) is 14.3. The number of carbonyl (C=O) groups is 1. The first-order valence-electron chi connectivity index (χ1n) is 7.21. The van der Waals surface area contributed by atoms with Crippen LogP contribution in [0.15, 0.2) is 40.8 Å². The van der Waals surface area contributed by atoms with Crippen molar-refractivity contribution in [2.75, 3.05) is 0 Å². The van der Waals surface area contributed by atoms with Crippen LogP contribution in [0.25, 0.3) is 22.4 Å². The van der Waals surface area contributed by atoms with Crippen LogP contribution in [-0.2, 0) is 0 Å². The third kappa shape index (κ3) is 2.37. The molecule has 2 heterocycles. The van der Waals surface area contributed by atoms with Crippen LogP contribution >= 0.6 is 0 Å². The Hall–Kier alpha value is -2.62. The molecule has 0 aliphatic carbocycles. The predicted molar refractivity (Wildman–Crippen MR) is 85.2 cm³/mol. The van der Waals surface area contributed by atoms with Crippen molar-refractivity contribution < 1.29 is 14.3 Å². The topological polar surface area (TPSA) is 63.3 Å². The third-order valence-electron chi connectivity index (χ3n) is 3.72. The molecule has 3 rings (SSSR count). The van der Waals surface area contributed by atoms with Crippen molar-refractivity contribution in [2.24, 2.45) is 0 Å². The predicted octanol–water partition coefficient (Wildman–Crippen LogP) is 4.62. The number of furan rings is 1. The summed E-state index contributed by atoms with van der Waals surface area (Å²) in [6.45, 7) is 5.99. The molecule has 0 atom stereocenters. The maximum absolute atomic E-state index is 11.6. The zero-order valence-electron chi connectivity index (χ0n) is 12.8. The molecule has 0 saturated carbocycles. The van der Waals surface area contributed by atoms with Gasteiger partial charge in [0.2, 0.25) is 0 Å². The van der Waals surface area contributed by atoms with Gasteiger partial charge < -0.3 is 9.52 Å². The zero-order chi connectivity index (χ0) is 15.9. The van der Waals surface area contributed by atoms with Gasteiger partial charge in [-0.25, -0.2) is 9.78 Å². The highest BCUT2D eigenvalue weighted by Gasteiger charge is 2.17. The van der Waals surface area contributed by atoms with E-state index < -0.39 is 5.97 Å². The van der Waals surface area contributed by atoms with Gasteiger partial charge in [0.25, 0.3) is 0 Å². The van der Waals surface area contributed by atoms with Gasteiger partial charge in [0.1, 0.15) is 11.5 Å². The van der Waals surface area contributed by atoms with Crippen molar-refractivity contribution in [2.45, 2.75) is 26.7 Å². The number of hydrogen-bond donors (Lipinski definition) is 1. The van der Waals surface area contributed by atoms with E-state index >= 15 is 0 Å². The van der Waals surface area contributed by atoms with E-state index in [0.717, 1.165) is 16.8 Å². The van der Waals surface area contributed by atoms with Crippen LogP contribution in [-0.4, -0.2) is 16.1 Å². The molecule has 4 heteroatoms. The molecule has 4 nitrogen and oxygen atoms in total. The Bertz CT molecular complexity index is 862. The summed E-state index contributed by atoms with van der Waals surface area (Å²) in [6, 6.07) is 10.9. The molecule has 0 spiro atoms. The smallest absolute Gasteiger partial charge is 0.336 e. The van der Waals surface area contributed by atoms with E-state index in [4.69, 9.17) is 4.42 Å². The number of para-hydroxylation sites is 1. The largest absolute Gasteiger partial charge is 0.478 e. The number of fused-ring (bicyclic) bond motifs is 1. The summed E-state index contributed by atoms with van der Waals surface area (Å²) in [5, 5.41) is 10.2. The number of hydrogen-bond acceptors (Lipinski definition) is 3. The van der Waals surface area contributed by atoms with Gasteiger partial charge in [-0.15, -0.1) is 0 Å². The minimum Gasteiger partial charge on any atom is -0.478 e. The number of aromatic carboxylic acids is 1. The molecule has 0 fully saturated rings. The van der Waals surface area contributed by atoms with Gasteiger partial charge in [0.15, 0.2) is 5.76 Å². The highest BCUT2D eigenvalue weighted by Crippen LogP contribution is 2.30. The van der Waals surface area contributed by atoms with Gasteiger partial charge >= 0.3 is 5.97 Å². The summed E-state index contributed by atoms with van der Waals surface area (Å²) in [5.41, 5.74) is 2.55. The van der Waals surface area contributed by atoms with Gasteiger partial charge in [-0.05, 0) is 36.6 Å². The van der Waals surface area contributed by atoms with Crippen LogP contribution < -0.4 is 0 Å². The second-order valence-corrected chi connectivity index (χ2v) is 5.67. The molecule has 1 N–H and O–H groups in total. The molecule has 0 bridgehead atoms. The summed E-state index contributed by atoms with van der Waals surface area (Å²) >= 11 is 0. The lowest BCUT2D eigenvalue weighted by atomic mass is 9.97. The fraction of sp³-hybridized carbons (Fsp3) is 0.222. The van der Waals surface area contributed by atoms with Crippen LogP contribution in [0, 0.1) is 6.92 Å². The number of benzene rings is 1. The molecular weight excluding hydrogens is 278 g/mol. The molecule has 0 radical (unpaired) electrons. The van der Waals surface area contributed by atoms with E-state index in [1.165, 1.54) is 0 Å². The number of pyridine rings is 1. The van der Waals surface area contributed by atoms with E-state index in [0.29, 0.717) is 16.8 Å². The molecule has 1 aromatic carbocycles. The fourth-order valence-electron chi connectivity index (χ4n) is 2.61. The molecule has 0 unspecified atom stereocenters. The molecule has 0 saturated heterocycles. The quantitative estimate of drug-likeness (QED) is 0.765. The van der Waals surface area contributed by atoms with E-state index in [2.05, 4.69) is 18.8 Å². The normalized spacial score (nSPS) is 11.3. The summed E-state index contributed by atoms with van der Waals surface area (Å²) < 4.78 is 5.60. The molecule has 112 valence electrons. The van der Waals surface area contributed by atoms with Gasteiger partial charge in [0.05, 0.1) is 11.1 Å². The highest BCUT2D eigenvalue weighted by molar-refractivity contribution is 6.04. The maximum Gasteiger partial charge on any atom is 0.336 e. The minimum atomic E-state index is -0.960. The van der Waals surface area contributed by atoms with Crippen molar-refractivity contribution in [3.05, 3.63) is 53.3 Å². The number of carboxylic acids is 1. The van der Waals surface area contributed by atoms with Crippen LogP contribution in [0.5, 0.6) is 0 Å². The van der Waals surface area contributed by atoms with Crippen LogP contribution in [0.1, 0.15) is 41.4 Å². The monoisotopic (exact) mass is 295 g/mol. The van der Waals surface area contributed by atoms with Gasteiger partial charge in [-0.3, -0.25) is 0 Å². The van der Waals surface area contributed by atoms with Crippen LogP contribution in [0.3, 0.4) is 0 Å². The standard InChI is InChI=1S/C18H17NO3/c1-10(2)12-5-4-6-13-14(18(20)21)9-15(19-17(12)13)16-8-7-11(3)22-16/h4-10H,1-3H3,(H,20,21). The Morgan fingerprint density at radius 1 is 1.23 bits per heavy atom. The number of nitrogens with zero attached hydrogens (tertiary/aromatic N) is 1. The van der Waals surface area contributed by atoms with Crippen molar-refractivity contribution in [3.8, 4) is 11.5 Å². The van der Waals surface area contributed by atoms with Crippen LogP contribution in [0.4, 0.5) is 0 Å². The second-order valence-electron chi connectivity index (χ2n) is 5.67. The highest BCUT2D eigenvalue weighted by atomic mass is 16.4. The van der Waals surface area contributed by atoms with Gasteiger partial charge in [-0.1, -0.05) is 32.0 Å². The number of aromatic nitrogens is 1. The lowest BCUT2D eigenvalue weighted by Crippen LogP contribution is -2.02. The Morgan fingerprint density at radius 2 is 2.00 bits per heavy atom. The van der Waals surface area contributed by atoms with E-state index in [9.17, 15) is 9.90 Å². The van der Waals surface area contributed by atoms with Crippen molar-refractivity contribution >= 4 is 16.9 Å². The Morgan fingerprint density at radius 3 is 2.59 bits per heavy atom. The summed E-state index contributed by atoms with van der Waals surface area (Å²) in [4.78, 5) is 16.3. The maximum atomic E-state index is 11.6. The Kier molecular flexibility index (Phi) is 3.45. The summed E-state index contributed by atoms with van der Waals surface area (Å²) in [6.07, 6.45) is 0. The first-order valence-corrected chi connectivity index (χ1v) is 7.21. The van der Waals surface area contributed by atoms with Crippen molar-refractivity contribution in [3.63, 3.8) is 0 Å². The number of rotatable bonds is 3. The number of carboxylic acid groups (broad SMARTS) is 1. The molecule has 22 heavy (non-hydrogen) atoms. The molecule has 3 aromatic rings. The van der Waals surface area contributed by atoms with Crippen molar-refractivity contribution in [1.82, 2.24) is 4.98 Å². The SMILES string of the molecule is Cc1ccc(-c2cc(C(=O)O)c3cccc(C(C)C)c3n2)o1. The Labute approximate surface area is 128 Å². The van der Waals surface area contributed by atoms with E-state index in [-0.39, 0.29) is 11.5 Å². The average Bonchev–Trinajstić information content (AvgIpc) is 2.91. The van der Waals surface area contributed by atoms with E-state index in [1.807, 2.05) is 31.2 Å². The fourth-order valence-corrected chi connectivity index (χ4v) is 2.61. The van der Waals surface area contributed by atoms with E-state index in [1.54, 1.807) is 12.1 Å². The number of aryl methyl sites for hydroxylation is 1. The molecule has 0 aliphatic heterocycles.